The van der Waals surface area contributed by atoms with Gasteiger partial charge in [-0.15, -0.1) is 11.8 Å². The van der Waals surface area contributed by atoms with Crippen molar-refractivity contribution < 1.29 is 9.13 Å². The average molecular weight is 277 g/mol. The van der Waals surface area contributed by atoms with Crippen molar-refractivity contribution in [3.63, 3.8) is 0 Å². The van der Waals surface area contributed by atoms with Gasteiger partial charge < -0.3 is 10.1 Å². The van der Waals surface area contributed by atoms with Crippen molar-refractivity contribution in [2.24, 2.45) is 0 Å². The summed E-state index contributed by atoms with van der Waals surface area (Å²) >= 11 is 1.75. The molecule has 0 heterocycles. The van der Waals surface area contributed by atoms with Crippen molar-refractivity contribution in [1.29, 1.82) is 0 Å². The number of halogens is 1. The number of anilines is 1. The summed E-state index contributed by atoms with van der Waals surface area (Å²) in [5.41, 5.74) is 0.815. The molecule has 4 heteroatoms. The molecule has 0 radical (unpaired) electrons. The molecule has 0 unspecified atom stereocenters. The Kier molecular flexibility index (Phi) is 5.10. The van der Waals surface area contributed by atoms with E-state index in [9.17, 15) is 4.39 Å². The summed E-state index contributed by atoms with van der Waals surface area (Å²) in [4.78, 5) is 1.20. The van der Waals surface area contributed by atoms with Crippen LogP contribution < -0.4 is 10.1 Å². The quantitative estimate of drug-likeness (QED) is 0.636. The molecule has 0 aliphatic rings. The predicted octanol–water partition coefficient (Wildman–Crippen LogP) is 4.04. The number of thioether (sulfide) groups is 1. The molecule has 2 rings (SSSR count). The molecule has 0 spiro atoms. The highest BCUT2D eigenvalue weighted by Gasteiger charge is 1.97. The van der Waals surface area contributed by atoms with Gasteiger partial charge in [-0.3, -0.25) is 0 Å². The van der Waals surface area contributed by atoms with Gasteiger partial charge in [0, 0.05) is 22.9 Å². The Morgan fingerprint density at radius 3 is 2.63 bits per heavy atom. The Morgan fingerprint density at radius 2 is 1.95 bits per heavy atom. The Labute approximate surface area is 117 Å². The minimum atomic E-state index is -0.215. The van der Waals surface area contributed by atoms with Crippen LogP contribution >= 0.6 is 11.8 Å². The van der Waals surface area contributed by atoms with Gasteiger partial charge in [0.15, 0.2) is 0 Å². The first-order valence-corrected chi connectivity index (χ1v) is 7.03. The first kappa shape index (κ1) is 13.7. The van der Waals surface area contributed by atoms with Crippen LogP contribution in [0.5, 0.6) is 5.75 Å². The minimum Gasteiger partial charge on any atom is -0.497 e. The molecule has 0 bridgehead atoms. The second-order valence-electron chi connectivity index (χ2n) is 3.96. The number of nitrogens with one attached hydrogen (secondary N) is 1. The van der Waals surface area contributed by atoms with Crippen LogP contribution in [-0.4, -0.2) is 19.4 Å². The number of ether oxygens (including phenoxy) is 1. The maximum absolute atomic E-state index is 13.0. The van der Waals surface area contributed by atoms with Gasteiger partial charge in [-0.25, -0.2) is 4.39 Å². The van der Waals surface area contributed by atoms with E-state index in [-0.39, 0.29) is 5.82 Å². The minimum absolute atomic E-state index is 0.215. The highest BCUT2D eigenvalue weighted by atomic mass is 32.2. The molecule has 1 N–H and O–H groups in total. The normalized spacial score (nSPS) is 10.2. The van der Waals surface area contributed by atoms with E-state index >= 15 is 0 Å². The summed E-state index contributed by atoms with van der Waals surface area (Å²) in [6.07, 6.45) is 0. The van der Waals surface area contributed by atoms with Gasteiger partial charge in [-0.05, 0) is 42.5 Å². The first-order valence-electron chi connectivity index (χ1n) is 6.04. The molecule has 0 atom stereocenters. The second-order valence-corrected chi connectivity index (χ2v) is 5.13. The lowest BCUT2D eigenvalue weighted by atomic mass is 10.3. The molecule has 0 aliphatic carbocycles. The third kappa shape index (κ3) is 4.48. The Balaban J connectivity index is 1.74. The van der Waals surface area contributed by atoms with E-state index in [4.69, 9.17) is 4.74 Å². The van der Waals surface area contributed by atoms with Crippen LogP contribution in [0.25, 0.3) is 0 Å². The van der Waals surface area contributed by atoms with E-state index in [0.717, 1.165) is 23.7 Å². The SMILES string of the molecule is COc1ccc(SCCNc2cccc(F)c2)cc1. The van der Waals surface area contributed by atoms with E-state index in [2.05, 4.69) is 5.32 Å². The molecule has 0 fully saturated rings. The van der Waals surface area contributed by atoms with Crippen molar-refractivity contribution in [2.45, 2.75) is 4.90 Å². The summed E-state index contributed by atoms with van der Waals surface area (Å²) in [6, 6.07) is 14.5. The molecule has 19 heavy (non-hydrogen) atoms. The number of benzene rings is 2. The second kappa shape index (κ2) is 7.04. The summed E-state index contributed by atoms with van der Waals surface area (Å²) in [7, 11) is 1.66. The van der Waals surface area contributed by atoms with E-state index < -0.39 is 0 Å². The fourth-order valence-electron chi connectivity index (χ4n) is 1.63. The van der Waals surface area contributed by atoms with Gasteiger partial charge in [0.2, 0.25) is 0 Å². The van der Waals surface area contributed by atoms with Gasteiger partial charge >= 0.3 is 0 Å². The summed E-state index contributed by atoms with van der Waals surface area (Å²) in [5, 5.41) is 3.19. The fourth-order valence-corrected chi connectivity index (χ4v) is 2.40. The monoisotopic (exact) mass is 277 g/mol. The van der Waals surface area contributed by atoms with Crippen LogP contribution in [0.1, 0.15) is 0 Å². The van der Waals surface area contributed by atoms with Crippen molar-refractivity contribution in [3.05, 3.63) is 54.3 Å². The van der Waals surface area contributed by atoms with E-state index in [0.29, 0.717) is 0 Å². The summed E-state index contributed by atoms with van der Waals surface area (Å²) in [6.45, 7) is 0.792. The Hall–Kier alpha value is -1.68. The van der Waals surface area contributed by atoms with Crippen LogP contribution in [0.15, 0.2) is 53.4 Å². The standard InChI is InChI=1S/C15H16FNOS/c1-18-14-5-7-15(8-6-14)19-10-9-17-13-4-2-3-12(16)11-13/h2-8,11,17H,9-10H2,1H3. The fraction of sp³-hybridized carbons (Fsp3) is 0.200. The van der Waals surface area contributed by atoms with E-state index in [1.807, 2.05) is 30.3 Å². The van der Waals surface area contributed by atoms with E-state index in [1.54, 1.807) is 24.9 Å². The van der Waals surface area contributed by atoms with Crippen molar-refractivity contribution in [1.82, 2.24) is 0 Å². The van der Waals surface area contributed by atoms with Crippen molar-refractivity contribution in [3.8, 4) is 5.75 Å². The maximum atomic E-state index is 13.0. The lowest BCUT2D eigenvalue weighted by Gasteiger charge is -2.06. The summed E-state index contributed by atoms with van der Waals surface area (Å²) < 4.78 is 18.1. The number of hydrogen-bond donors (Lipinski definition) is 1. The topological polar surface area (TPSA) is 21.3 Å². The van der Waals surface area contributed by atoms with Crippen LogP contribution in [0.2, 0.25) is 0 Å². The molecule has 2 nitrogen and oxygen atoms in total. The lowest BCUT2D eigenvalue weighted by Crippen LogP contribution is -2.03. The highest BCUT2D eigenvalue weighted by Crippen LogP contribution is 2.21. The van der Waals surface area contributed by atoms with Gasteiger partial charge in [-0.1, -0.05) is 6.07 Å². The zero-order valence-corrected chi connectivity index (χ0v) is 11.5. The molecule has 0 saturated heterocycles. The lowest BCUT2D eigenvalue weighted by molar-refractivity contribution is 0.414. The van der Waals surface area contributed by atoms with Crippen molar-refractivity contribution in [2.75, 3.05) is 24.7 Å². The third-order valence-corrected chi connectivity index (χ3v) is 3.60. The van der Waals surface area contributed by atoms with Gasteiger partial charge in [-0.2, -0.15) is 0 Å². The largest absolute Gasteiger partial charge is 0.497 e. The molecular formula is C15H16FNOS. The smallest absolute Gasteiger partial charge is 0.125 e. The van der Waals surface area contributed by atoms with Crippen LogP contribution in [0.3, 0.4) is 0 Å². The molecule has 2 aromatic rings. The summed E-state index contributed by atoms with van der Waals surface area (Å²) in [5.74, 6) is 1.57. The number of hydrogen-bond acceptors (Lipinski definition) is 3. The van der Waals surface area contributed by atoms with Crippen LogP contribution in [0.4, 0.5) is 10.1 Å². The van der Waals surface area contributed by atoms with Crippen molar-refractivity contribution >= 4 is 17.4 Å². The molecule has 0 aromatic heterocycles. The van der Waals surface area contributed by atoms with Gasteiger partial charge in [0.1, 0.15) is 11.6 Å². The predicted molar refractivity (Wildman–Crippen MR) is 78.6 cm³/mol. The number of rotatable bonds is 6. The van der Waals surface area contributed by atoms with Gasteiger partial charge in [0.25, 0.3) is 0 Å². The maximum Gasteiger partial charge on any atom is 0.125 e. The first-order chi connectivity index (χ1) is 9.28. The van der Waals surface area contributed by atoms with Crippen LogP contribution in [-0.2, 0) is 0 Å². The molecular weight excluding hydrogens is 261 g/mol. The molecule has 100 valence electrons. The molecule has 0 amide bonds. The zero-order chi connectivity index (χ0) is 13.5. The van der Waals surface area contributed by atoms with E-state index in [1.165, 1.54) is 17.0 Å². The third-order valence-electron chi connectivity index (χ3n) is 2.58. The Morgan fingerprint density at radius 1 is 1.16 bits per heavy atom. The molecule has 0 aliphatic heterocycles. The van der Waals surface area contributed by atoms with Gasteiger partial charge in [0.05, 0.1) is 7.11 Å². The molecule has 2 aromatic carbocycles. The van der Waals surface area contributed by atoms with Crippen LogP contribution in [0, 0.1) is 5.82 Å². The number of methoxy groups -OCH3 is 1. The molecule has 0 saturated carbocycles. The Bertz CT molecular complexity index is 516. The average Bonchev–Trinajstić information content (AvgIpc) is 2.44. The zero-order valence-electron chi connectivity index (χ0n) is 10.7. The highest BCUT2D eigenvalue weighted by molar-refractivity contribution is 7.99.